The number of rotatable bonds is 2. The van der Waals surface area contributed by atoms with Crippen LogP contribution in [0.5, 0.6) is 5.75 Å². The van der Waals surface area contributed by atoms with Crippen molar-refractivity contribution < 1.29 is 17.9 Å². The molecule has 1 aromatic rings. The van der Waals surface area contributed by atoms with Crippen molar-refractivity contribution in [2.45, 2.75) is 11.5 Å². The van der Waals surface area contributed by atoms with Crippen LogP contribution in [-0.4, -0.2) is 7.11 Å². The van der Waals surface area contributed by atoms with Gasteiger partial charge in [0.05, 0.1) is 12.7 Å². The Morgan fingerprint density at radius 2 is 1.93 bits per heavy atom. The summed E-state index contributed by atoms with van der Waals surface area (Å²) in [6.45, 7) is 0. The molecule has 1 nitrogen and oxygen atoms in total. The van der Waals surface area contributed by atoms with Gasteiger partial charge in [-0.25, -0.2) is 0 Å². The standard InChI is InChI=1S/C9H7Br2F3O/c1-15-8-5(4-10)2-6(11)3-7(8)9(12,13)14/h2-3H,4H2,1H3. The van der Waals surface area contributed by atoms with Gasteiger partial charge >= 0.3 is 6.18 Å². The molecular weight excluding hydrogens is 341 g/mol. The van der Waals surface area contributed by atoms with E-state index in [1.54, 1.807) is 6.07 Å². The lowest BCUT2D eigenvalue weighted by molar-refractivity contribution is -0.138. The van der Waals surface area contributed by atoms with Crippen molar-refractivity contribution in [3.05, 3.63) is 27.7 Å². The van der Waals surface area contributed by atoms with Crippen LogP contribution in [0.1, 0.15) is 11.1 Å². The van der Waals surface area contributed by atoms with E-state index in [0.29, 0.717) is 15.4 Å². The Labute approximate surface area is 102 Å². The van der Waals surface area contributed by atoms with E-state index in [-0.39, 0.29) is 5.75 Å². The molecule has 0 aliphatic rings. The van der Waals surface area contributed by atoms with Gasteiger partial charge in [-0.3, -0.25) is 0 Å². The van der Waals surface area contributed by atoms with Gasteiger partial charge in [0.15, 0.2) is 0 Å². The number of alkyl halides is 4. The van der Waals surface area contributed by atoms with Gasteiger partial charge in [-0.2, -0.15) is 13.2 Å². The number of hydrogen-bond acceptors (Lipinski definition) is 1. The zero-order valence-electron chi connectivity index (χ0n) is 7.66. The summed E-state index contributed by atoms with van der Waals surface area (Å²) < 4.78 is 43.0. The molecule has 0 N–H and O–H groups in total. The van der Waals surface area contributed by atoms with Crippen LogP contribution in [0.4, 0.5) is 13.2 Å². The van der Waals surface area contributed by atoms with Crippen molar-refractivity contribution >= 4 is 31.9 Å². The molecule has 1 aromatic carbocycles. The molecule has 0 radical (unpaired) electrons. The van der Waals surface area contributed by atoms with Crippen molar-refractivity contribution in [1.29, 1.82) is 0 Å². The molecule has 0 saturated heterocycles. The zero-order valence-corrected chi connectivity index (χ0v) is 10.8. The van der Waals surface area contributed by atoms with Gasteiger partial charge < -0.3 is 4.74 Å². The second-order valence-corrected chi connectivity index (χ2v) is 4.25. The molecule has 0 aliphatic heterocycles. The van der Waals surface area contributed by atoms with Gasteiger partial charge in [0.25, 0.3) is 0 Å². The van der Waals surface area contributed by atoms with E-state index >= 15 is 0 Å². The minimum Gasteiger partial charge on any atom is -0.496 e. The molecule has 0 fully saturated rings. The molecule has 84 valence electrons. The van der Waals surface area contributed by atoms with Crippen LogP contribution in [0.15, 0.2) is 16.6 Å². The normalized spacial score (nSPS) is 11.6. The number of ether oxygens (including phenoxy) is 1. The first-order valence-electron chi connectivity index (χ1n) is 3.89. The Morgan fingerprint density at radius 3 is 2.33 bits per heavy atom. The van der Waals surface area contributed by atoms with Crippen molar-refractivity contribution in [1.82, 2.24) is 0 Å². The fourth-order valence-electron chi connectivity index (χ4n) is 1.20. The first kappa shape index (κ1) is 12.8. The van der Waals surface area contributed by atoms with Crippen LogP contribution < -0.4 is 4.74 Å². The summed E-state index contributed by atoms with van der Waals surface area (Å²) in [6, 6.07) is 2.59. The first-order valence-corrected chi connectivity index (χ1v) is 5.81. The summed E-state index contributed by atoms with van der Waals surface area (Å²) in [7, 11) is 1.23. The van der Waals surface area contributed by atoms with Gasteiger partial charge in [0.1, 0.15) is 5.75 Å². The maximum absolute atomic E-state index is 12.6. The molecule has 0 aliphatic carbocycles. The highest BCUT2D eigenvalue weighted by Crippen LogP contribution is 2.40. The molecule has 0 spiro atoms. The van der Waals surface area contributed by atoms with Gasteiger partial charge in [-0.05, 0) is 12.1 Å². The minimum absolute atomic E-state index is 0.137. The summed E-state index contributed by atoms with van der Waals surface area (Å²) >= 11 is 6.15. The molecule has 0 heterocycles. The van der Waals surface area contributed by atoms with Crippen molar-refractivity contribution in [2.24, 2.45) is 0 Å². The van der Waals surface area contributed by atoms with E-state index in [2.05, 4.69) is 31.9 Å². The average Bonchev–Trinajstić information content (AvgIpc) is 2.15. The fraction of sp³-hybridized carbons (Fsp3) is 0.333. The largest absolute Gasteiger partial charge is 0.496 e. The third kappa shape index (κ3) is 2.87. The van der Waals surface area contributed by atoms with Crippen LogP contribution >= 0.6 is 31.9 Å². The maximum atomic E-state index is 12.6. The second kappa shape index (κ2) is 4.74. The number of methoxy groups -OCH3 is 1. The maximum Gasteiger partial charge on any atom is 0.420 e. The van der Waals surface area contributed by atoms with E-state index in [4.69, 9.17) is 4.74 Å². The molecule has 0 aromatic heterocycles. The molecular formula is C9H7Br2F3O. The second-order valence-electron chi connectivity index (χ2n) is 2.78. The number of hydrogen-bond donors (Lipinski definition) is 0. The Kier molecular flexibility index (Phi) is 4.06. The summed E-state index contributed by atoms with van der Waals surface area (Å²) in [5.74, 6) is -0.137. The number of halogens is 5. The monoisotopic (exact) mass is 346 g/mol. The Bertz CT molecular complexity index is 363. The SMILES string of the molecule is COc1c(CBr)cc(Br)cc1C(F)(F)F. The van der Waals surface area contributed by atoms with Crippen LogP contribution in [0.3, 0.4) is 0 Å². The minimum atomic E-state index is -4.41. The van der Waals surface area contributed by atoms with Crippen LogP contribution in [0.2, 0.25) is 0 Å². The lowest BCUT2D eigenvalue weighted by atomic mass is 10.1. The van der Waals surface area contributed by atoms with E-state index in [1.165, 1.54) is 7.11 Å². The summed E-state index contributed by atoms with van der Waals surface area (Å²) in [5, 5.41) is 0.304. The van der Waals surface area contributed by atoms with Crippen molar-refractivity contribution in [2.75, 3.05) is 7.11 Å². The average molecular weight is 348 g/mol. The van der Waals surface area contributed by atoms with Crippen LogP contribution in [0.25, 0.3) is 0 Å². The van der Waals surface area contributed by atoms with Crippen LogP contribution in [0, 0.1) is 0 Å². The van der Waals surface area contributed by atoms with E-state index in [9.17, 15) is 13.2 Å². The zero-order chi connectivity index (χ0) is 11.6. The molecule has 6 heteroatoms. The topological polar surface area (TPSA) is 9.23 Å². The van der Waals surface area contributed by atoms with Crippen LogP contribution in [-0.2, 0) is 11.5 Å². The third-order valence-corrected chi connectivity index (χ3v) is 2.85. The summed E-state index contributed by atoms with van der Waals surface area (Å²) in [4.78, 5) is 0. The summed E-state index contributed by atoms with van der Waals surface area (Å²) in [5.41, 5.74) is -0.312. The number of benzene rings is 1. The van der Waals surface area contributed by atoms with Gasteiger partial charge in [0.2, 0.25) is 0 Å². The predicted molar refractivity (Wildman–Crippen MR) is 58.3 cm³/mol. The Hall–Kier alpha value is -0.230. The smallest absolute Gasteiger partial charge is 0.420 e. The highest BCUT2D eigenvalue weighted by molar-refractivity contribution is 9.10. The quantitative estimate of drug-likeness (QED) is 0.722. The molecule has 0 saturated carbocycles. The summed E-state index contributed by atoms with van der Waals surface area (Å²) in [6.07, 6.45) is -4.41. The molecule has 1 rings (SSSR count). The molecule has 0 amide bonds. The fourth-order valence-corrected chi connectivity index (χ4v) is 2.12. The lowest BCUT2D eigenvalue weighted by Crippen LogP contribution is -2.09. The first-order chi connectivity index (χ1) is 6.90. The molecule has 15 heavy (non-hydrogen) atoms. The molecule has 0 atom stereocenters. The van der Waals surface area contributed by atoms with E-state index in [0.717, 1.165) is 6.07 Å². The molecule has 0 unspecified atom stereocenters. The van der Waals surface area contributed by atoms with Crippen molar-refractivity contribution in [3.63, 3.8) is 0 Å². The molecule has 0 bridgehead atoms. The highest BCUT2D eigenvalue weighted by Gasteiger charge is 2.35. The highest BCUT2D eigenvalue weighted by atomic mass is 79.9. The Morgan fingerprint density at radius 1 is 1.33 bits per heavy atom. The van der Waals surface area contributed by atoms with Gasteiger partial charge in [0, 0.05) is 15.4 Å². The Balaban J connectivity index is 3.42. The third-order valence-electron chi connectivity index (χ3n) is 1.78. The van der Waals surface area contributed by atoms with E-state index in [1.807, 2.05) is 0 Å². The lowest BCUT2D eigenvalue weighted by Gasteiger charge is -2.15. The van der Waals surface area contributed by atoms with Crippen molar-refractivity contribution in [3.8, 4) is 5.75 Å². The van der Waals surface area contributed by atoms with Gasteiger partial charge in [-0.15, -0.1) is 0 Å². The van der Waals surface area contributed by atoms with E-state index < -0.39 is 11.7 Å². The van der Waals surface area contributed by atoms with Gasteiger partial charge in [-0.1, -0.05) is 31.9 Å². The predicted octanol–water partition coefficient (Wildman–Crippen LogP) is 4.37.